The van der Waals surface area contributed by atoms with E-state index in [4.69, 9.17) is 9.47 Å². The van der Waals surface area contributed by atoms with Crippen molar-refractivity contribution in [3.8, 4) is 11.5 Å². The van der Waals surface area contributed by atoms with Crippen molar-refractivity contribution in [2.45, 2.75) is 44.3 Å². The fourth-order valence-corrected chi connectivity index (χ4v) is 5.93. The number of rotatable bonds is 12. The Kier molecular flexibility index (Phi) is 10.6. The van der Waals surface area contributed by atoms with Gasteiger partial charge in [0, 0.05) is 23.1 Å². The van der Waals surface area contributed by atoms with Gasteiger partial charge in [0.15, 0.2) is 0 Å². The number of methoxy groups -OCH3 is 2. The van der Waals surface area contributed by atoms with Crippen LogP contribution in [0.15, 0.2) is 82.2 Å². The van der Waals surface area contributed by atoms with Gasteiger partial charge in [-0.05, 0) is 62.7 Å². The summed E-state index contributed by atoms with van der Waals surface area (Å²) in [6, 6.07) is 18.9. The third kappa shape index (κ3) is 7.54. The van der Waals surface area contributed by atoms with Crippen LogP contribution in [0.4, 0.5) is 5.69 Å². The summed E-state index contributed by atoms with van der Waals surface area (Å²) in [6.07, 6.45) is 0. The number of hydrogen-bond acceptors (Lipinski definition) is 6. The average Bonchev–Trinajstić information content (AvgIpc) is 2.93. The molecular weight excluding hydrogens is 598 g/mol. The highest BCUT2D eigenvalue weighted by molar-refractivity contribution is 9.10. The number of nitrogens with zero attached hydrogens (tertiary/aromatic N) is 2. The minimum absolute atomic E-state index is 0.00295. The number of amides is 2. The smallest absolute Gasteiger partial charge is 0.264 e. The first-order valence-corrected chi connectivity index (χ1v) is 14.8. The molecule has 0 saturated carbocycles. The van der Waals surface area contributed by atoms with Crippen LogP contribution in [0, 0.1) is 0 Å². The maximum absolute atomic E-state index is 14.0. The number of halogens is 1. The maximum atomic E-state index is 14.0. The lowest BCUT2D eigenvalue weighted by Gasteiger charge is -2.32. The second-order valence-corrected chi connectivity index (χ2v) is 12.1. The molecule has 0 saturated heterocycles. The number of carbonyl (C=O) groups is 2. The molecule has 0 fully saturated rings. The molecule has 0 aliphatic heterocycles. The van der Waals surface area contributed by atoms with Crippen LogP contribution in [0.5, 0.6) is 11.5 Å². The fourth-order valence-electron chi connectivity index (χ4n) is 4.04. The number of hydrogen-bond donors (Lipinski definition) is 1. The Morgan fingerprint density at radius 1 is 0.925 bits per heavy atom. The molecule has 3 rings (SSSR count). The molecule has 3 aromatic carbocycles. The van der Waals surface area contributed by atoms with E-state index in [9.17, 15) is 18.0 Å². The first-order valence-electron chi connectivity index (χ1n) is 12.6. The van der Waals surface area contributed by atoms with Crippen molar-refractivity contribution < 1.29 is 27.5 Å². The summed E-state index contributed by atoms with van der Waals surface area (Å²) in [7, 11) is -1.37. The molecule has 3 aromatic rings. The summed E-state index contributed by atoms with van der Waals surface area (Å²) in [5, 5.41) is 2.84. The van der Waals surface area contributed by atoms with Gasteiger partial charge in [-0.3, -0.25) is 13.9 Å². The van der Waals surface area contributed by atoms with Crippen molar-refractivity contribution in [2.75, 3.05) is 25.1 Å². The number of nitrogens with one attached hydrogen (secondary N) is 1. The Hall–Kier alpha value is -3.57. The third-order valence-corrected chi connectivity index (χ3v) is 8.37. The van der Waals surface area contributed by atoms with Crippen LogP contribution in [-0.4, -0.2) is 58.0 Å². The highest BCUT2D eigenvalue weighted by Crippen LogP contribution is 2.36. The molecule has 9 nitrogen and oxygen atoms in total. The summed E-state index contributed by atoms with van der Waals surface area (Å²) in [4.78, 5) is 28.4. The predicted octanol–water partition coefficient (Wildman–Crippen LogP) is 4.60. The Morgan fingerprint density at radius 3 is 2.23 bits per heavy atom. The van der Waals surface area contributed by atoms with E-state index >= 15 is 0 Å². The maximum Gasteiger partial charge on any atom is 0.264 e. The van der Waals surface area contributed by atoms with Gasteiger partial charge in [-0.1, -0.05) is 46.3 Å². The molecule has 11 heteroatoms. The van der Waals surface area contributed by atoms with Crippen molar-refractivity contribution in [1.29, 1.82) is 0 Å². The van der Waals surface area contributed by atoms with Gasteiger partial charge in [-0.25, -0.2) is 8.42 Å². The lowest BCUT2D eigenvalue weighted by atomic mass is 10.1. The molecular formula is C29H34BrN3O6S. The molecule has 40 heavy (non-hydrogen) atoms. The van der Waals surface area contributed by atoms with Gasteiger partial charge < -0.3 is 19.7 Å². The predicted molar refractivity (Wildman–Crippen MR) is 158 cm³/mol. The topological polar surface area (TPSA) is 105 Å². The van der Waals surface area contributed by atoms with Crippen molar-refractivity contribution in [1.82, 2.24) is 10.2 Å². The lowest BCUT2D eigenvalue weighted by Crippen LogP contribution is -2.52. The van der Waals surface area contributed by atoms with E-state index in [0.29, 0.717) is 5.75 Å². The van der Waals surface area contributed by atoms with Gasteiger partial charge in [-0.15, -0.1) is 0 Å². The van der Waals surface area contributed by atoms with E-state index in [-0.39, 0.29) is 34.8 Å². The van der Waals surface area contributed by atoms with Gasteiger partial charge in [0.05, 0.1) is 24.8 Å². The van der Waals surface area contributed by atoms with Crippen molar-refractivity contribution in [3.05, 3.63) is 82.8 Å². The number of benzene rings is 3. The average molecular weight is 633 g/mol. The van der Waals surface area contributed by atoms with Crippen LogP contribution < -0.4 is 19.1 Å². The first kappa shape index (κ1) is 31.0. The summed E-state index contributed by atoms with van der Waals surface area (Å²) in [5.74, 6) is -0.310. The zero-order chi connectivity index (χ0) is 29.4. The molecule has 2 amide bonds. The molecule has 0 radical (unpaired) electrons. The van der Waals surface area contributed by atoms with E-state index in [1.54, 1.807) is 37.3 Å². The molecule has 214 valence electrons. The van der Waals surface area contributed by atoms with Crippen molar-refractivity contribution in [2.24, 2.45) is 0 Å². The van der Waals surface area contributed by atoms with Crippen LogP contribution in [-0.2, 0) is 26.2 Å². The third-order valence-electron chi connectivity index (χ3n) is 6.10. The SMILES string of the molecule is COc1ccc(OC)c(N(CC(=O)N(Cc2cccc(Br)c2)[C@H](C)C(=O)NC(C)C)S(=O)(=O)c2ccccc2)c1. The molecule has 1 N–H and O–H groups in total. The molecule has 0 unspecified atom stereocenters. The standard InChI is InChI=1S/C29H34BrN3O6S/c1-20(2)31-29(35)21(3)32(18-22-10-9-11-23(30)16-22)28(34)19-33(40(36,37)25-12-7-6-8-13-25)26-17-24(38-4)14-15-27(26)39-5/h6-17,20-21H,18-19H2,1-5H3,(H,31,35)/t21-/m1/s1. The zero-order valence-electron chi connectivity index (χ0n) is 23.1. The number of sulfonamides is 1. The second-order valence-electron chi connectivity index (χ2n) is 9.35. The Morgan fingerprint density at radius 2 is 1.62 bits per heavy atom. The van der Waals surface area contributed by atoms with Crippen LogP contribution in [0.3, 0.4) is 0 Å². The monoisotopic (exact) mass is 631 g/mol. The van der Waals surface area contributed by atoms with E-state index < -0.39 is 28.5 Å². The van der Waals surface area contributed by atoms with E-state index in [2.05, 4.69) is 21.2 Å². The summed E-state index contributed by atoms with van der Waals surface area (Å²) in [5.41, 5.74) is 0.893. The quantitative estimate of drug-likeness (QED) is 0.313. The molecule has 1 atom stereocenters. The lowest BCUT2D eigenvalue weighted by molar-refractivity contribution is -0.139. The first-order chi connectivity index (χ1) is 19.0. The largest absolute Gasteiger partial charge is 0.497 e. The van der Waals surface area contributed by atoms with Crippen LogP contribution in [0.25, 0.3) is 0 Å². The molecule has 0 heterocycles. The molecule has 0 aliphatic rings. The molecule has 0 bridgehead atoms. The summed E-state index contributed by atoms with van der Waals surface area (Å²) >= 11 is 3.44. The van der Waals surface area contributed by atoms with Crippen molar-refractivity contribution in [3.63, 3.8) is 0 Å². The summed E-state index contributed by atoms with van der Waals surface area (Å²) in [6.45, 7) is 4.77. The van der Waals surface area contributed by atoms with Gasteiger partial charge in [0.1, 0.15) is 24.1 Å². The van der Waals surface area contributed by atoms with E-state index in [1.165, 1.54) is 37.3 Å². The van der Waals surface area contributed by atoms with Gasteiger partial charge in [-0.2, -0.15) is 0 Å². The Balaban J connectivity index is 2.11. The van der Waals surface area contributed by atoms with Gasteiger partial charge >= 0.3 is 0 Å². The number of ether oxygens (including phenoxy) is 2. The molecule has 0 aliphatic carbocycles. The van der Waals surface area contributed by atoms with Crippen molar-refractivity contribution >= 4 is 43.5 Å². The Bertz CT molecular complexity index is 1430. The van der Waals surface area contributed by atoms with Crippen LogP contribution in [0.1, 0.15) is 26.3 Å². The van der Waals surface area contributed by atoms with E-state index in [1.807, 2.05) is 38.1 Å². The number of anilines is 1. The number of carbonyl (C=O) groups excluding carboxylic acids is 2. The van der Waals surface area contributed by atoms with Crippen LogP contribution in [0.2, 0.25) is 0 Å². The van der Waals surface area contributed by atoms with Crippen LogP contribution >= 0.6 is 15.9 Å². The fraction of sp³-hybridized carbons (Fsp3) is 0.310. The highest BCUT2D eigenvalue weighted by Gasteiger charge is 2.34. The Labute approximate surface area is 244 Å². The highest BCUT2D eigenvalue weighted by atomic mass is 79.9. The minimum Gasteiger partial charge on any atom is -0.497 e. The summed E-state index contributed by atoms with van der Waals surface area (Å²) < 4.78 is 40.6. The zero-order valence-corrected chi connectivity index (χ0v) is 25.5. The molecule has 0 spiro atoms. The molecule has 0 aromatic heterocycles. The van der Waals surface area contributed by atoms with E-state index in [0.717, 1.165) is 14.3 Å². The normalized spacial score (nSPS) is 12.0. The van der Waals surface area contributed by atoms with Gasteiger partial charge in [0.2, 0.25) is 11.8 Å². The van der Waals surface area contributed by atoms with Gasteiger partial charge in [0.25, 0.3) is 10.0 Å². The minimum atomic E-state index is -4.24. The second kappa shape index (κ2) is 13.7.